The van der Waals surface area contributed by atoms with Crippen LogP contribution in [-0.2, 0) is 14.3 Å². The van der Waals surface area contributed by atoms with Gasteiger partial charge in [0.05, 0.1) is 31.3 Å². The largest absolute Gasteiger partial charge is 0.504 e. The highest BCUT2D eigenvalue weighted by Gasteiger charge is 2.71. The number of hydrogen-bond donors (Lipinski definition) is 4. The van der Waals surface area contributed by atoms with Gasteiger partial charge in [-0.05, 0) is 121 Å². The quantitative estimate of drug-likeness (QED) is 0.145. The number of ether oxygens (including phenoxy) is 2. The highest BCUT2D eigenvalue weighted by molar-refractivity contribution is 5.87. The number of aliphatic hydroxyl groups is 2. The third-order valence-electron chi connectivity index (χ3n) is 15.3. The summed E-state index contributed by atoms with van der Waals surface area (Å²) in [7, 11) is 1.46. The van der Waals surface area contributed by atoms with Gasteiger partial charge in [-0.15, -0.1) is 0 Å². The van der Waals surface area contributed by atoms with E-state index in [-0.39, 0.29) is 46.4 Å². The van der Waals surface area contributed by atoms with Crippen LogP contribution in [0.15, 0.2) is 35.9 Å². The van der Waals surface area contributed by atoms with Crippen molar-refractivity contribution in [1.29, 1.82) is 0 Å². The van der Waals surface area contributed by atoms with Crippen LogP contribution in [-0.4, -0.2) is 58.3 Å². The summed E-state index contributed by atoms with van der Waals surface area (Å²) >= 11 is 0. The number of carboxylic acid groups (broad SMARTS) is 1. The Hall–Kier alpha value is -2.84. The lowest BCUT2D eigenvalue weighted by Gasteiger charge is -2.71. The second-order valence-electron chi connectivity index (χ2n) is 17.2. The molecule has 0 aromatic heterocycles. The van der Waals surface area contributed by atoms with E-state index in [1.165, 1.54) is 24.8 Å². The molecular weight excluding hydrogens is 608 g/mol. The van der Waals surface area contributed by atoms with Crippen LogP contribution in [0.1, 0.15) is 98.5 Å². The maximum absolute atomic E-state index is 13.0. The van der Waals surface area contributed by atoms with Crippen molar-refractivity contribution in [2.45, 2.75) is 105 Å². The first-order chi connectivity index (χ1) is 22.5. The number of allylic oxidation sites excluding steroid dienone is 2. The van der Waals surface area contributed by atoms with E-state index >= 15 is 0 Å². The van der Waals surface area contributed by atoms with E-state index in [1.807, 2.05) is 6.92 Å². The van der Waals surface area contributed by atoms with Gasteiger partial charge in [-0.1, -0.05) is 59.3 Å². The summed E-state index contributed by atoms with van der Waals surface area (Å²) in [6.45, 7) is 13.6. The van der Waals surface area contributed by atoms with Crippen molar-refractivity contribution < 1.29 is 39.5 Å². The molecule has 1 aromatic rings. The Balaban J connectivity index is 1.29. The van der Waals surface area contributed by atoms with Gasteiger partial charge in [-0.3, -0.25) is 4.79 Å². The van der Waals surface area contributed by atoms with Crippen LogP contribution in [0.25, 0.3) is 6.08 Å². The number of methoxy groups -OCH3 is 1. The molecule has 0 unspecified atom stereocenters. The van der Waals surface area contributed by atoms with Gasteiger partial charge >= 0.3 is 11.9 Å². The highest BCUT2D eigenvalue weighted by Crippen LogP contribution is 2.75. The van der Waals surface area contributed by atoms with Gasteiger partial charge in [-0.25, -0.2) is 4.79 Å². The van der Waals surface area contributed by atoms with Crippen molar-refractivity contribution in [3.05, 3.63) is 41.5 Å². The third kappa shape index (κ3) is 4.90. The van der Waals surface area contributed by atoms with Crippen molar-refractivity contribution in [2.24, 2.45) is 56.7 Å². The minimum atomic E-state index is -1.04. The number of aliphatic carboxylic acids is 1. The second kappa shape index (κ2) is 11.9. The molecule has 0 aliphatic heterocycles. The van der Waals surface area contributed by atoms with Crippen molar-refractivity contribution in [3.8, 4) is 11.5 Å². The second-order valence-corrected chi connectivity index (χ2v) is 17.2. The highest BCUT2D eigenvalue weighted by atomic mass is 16.5. The molecule has 5 aliphatic rings. The maximum atomic E-state index is 13.0. The Morgan fingerprint density at radius 2 is 1.73 bits per heavy atom. The van der Waals surface area contributed by atoms with Crippen LogP contribution in [0, 0.1) is 56.7 Å². The van der Waals surface area contributed by atoms with E-state index in [2.05, 4.69) is 40.7 Å². The Morgan fingerprint density at radius 3 is 2.42 bits per heavy atom. The number of carbonyl (C=O) groups is 2. The lowest BCUT2D eigenvalue weighted by atomic mass is 9.33. The van der Waals surface area contributed by atoms with Gasteiger partial charge in [0.15, 0.2) is 11.5 Å². The molecule has 4 saturated carbocycles. The summed E-state index contributed by atoms with van der Waals surface area (Å²) in [6.07, 6.45) is 9.62. The molecule has 4 N–H and O–H groups in total. The molecule has 0 radical (unpaired) electrons. The number of phenolic OH excluding ortho intramolecular Hbond substituents is 1. The average Bonchev–Trinajstić information content (AvgIpc) is 3.04. The first-order valence-electron chi connectivity index (χ1n) is 18.0. The summed E-state index contributed by atoms with van der Waals surface area (Å²) in [5.74, 6) is 0.150. The van der Waals surface area contributed by atoms with Gasteiger partial charge in [0.2, 0.25) is 0 Å². The van der Waals surface area contributed by atoms with Crippen LogP contribution in [0.5, 0.6) is 11.5 Å². The molecule has 0 spiro atoms. The van der Waals surface area contributed by atoms with E-state index < -0.39 is 35.0 Å². The number of carbonyl (C=O) groups excluding carboxylic acids is 1. The fourth-order valence-electron chi connectivity index (χ4n) is 12.2. The Morgan fingerprint density at radius 1 is 1.00 bits per heavy atom. The minimum absolute atomic E-state index is 0.00786. The zero-order valence-electron chi connectivity index (χ0n) is 29.8. The van der Waals surface area contributed by atoms with Crippen LogP contribution in [0.2, 0.25) is 0 Å². The van der Waals surface area contributed by atoms with E-state index in [0.717, 1.165) is 38.5 Å². The zero-order valence-corrected chi connectivity index (χ0v) is 29.8. The molecule has 12 atom stereocenters. The molecule has 264 valence electrons. The summed E-state index contributed by atoms with van der Waals surface area (Å²) < 4.78 is 11.0. The molecule has 8 nitrogen and oxygen atoms in total. The average molecular weight is 665 g/mol. The predicted molar refractivity (Wildman–Crippen MR) is 183 cm³/mol. The number of aromatic hydroxyl groups is 1. The number of aliphatic hydroxyl groups excluding tert-OH is 2. The van der Waals surface area contributed by atoms with Crippen LogP contribution >= 0.6 is 0 Å². The number of phenols is 1. The monoisotopic (exact) mass is 664 g/mol. The SMILES string of the molecule is COc1cc(/C=C/C(=O)OC[C@]2(C)[C@@H]3CC[C@]4(C)[C@H](CC=C5[C@@H]6[C@@H](C)[C@H](C)CC[C@]6(C(=O)O)CC[C@]54C)[C@@]3(C)C[C@@H](O)[C@H]2O)ccc1O. The number of esters is 1. The van der Waals surface area contributed by atoms with Crippen molar-refractivity contribution in [2.75, 3.05) is 13.7 Å². The Labute approximate surface area is 285 Å². The van der Waals surface area contributed by atoms with Gasteiger partial charge in [-0.2, -0.15) is 0 Å². The smallest absolute Gasteiger partial charge is 0.330 e. The number of fused-ring (bicyclic) bond motifs is 7. The Bertz CT molecular complexity index is 1520. The van der Waals surface area contributed by atoms with Crippen LogP contribution < -0.4 is 4.74 Å². The van der Waals surface area contributed by atoms with Crippen LogP contribution in [0.3, 0.4) is 0 Å². The number of benzene rings is 1. The summed E-state index contributed by atoms with van der Waals surface area (Å²) in [5, 5.41) is 43.6. The molecule has 1 aromatic carbocycles. The summed E-state index contributed by atoms with van der Waals surface area (Å²) in [4.78, 5) is 26.0. The molecule has 8 heteroatoms. The fraction of sp³-hybridized carbons (Fsp3) is 0.700. The van der Waals surface area contributed by atoms with Gasteiger partial charge < -0.3 is 29.9 Å². The van der Waals surface area contributed by atoms with Crippen molar-refractivity contribution >= 4 is 18.0 Å². The van der Waals surface area contributed by atoms with Crippen LogP contribution in [0.4, 0.5) is 0 Å². The molecule has 5 aliphatic carbocycles. The standard InChI is InChI=1S/C40H56O8/c1-23-14-17-40(35(45)46)19-18-38(5)26(33(40)24(23)2)10-12-31-36(3)21-28(42)34(44)37(4,30(36)15-16-39(31,38)6)22-48-32(43)13-9-25-8-11-27(41)29(20-25)47-7/h8-11,13,20,23-24,28,30-31,33-34,41-42,44H,12,14-19,21-22H2,1-7H3,(H,45,46)/b13-9+/t23-,24+,28-,30-,31-,33+,34-,36+,37-,38-,39-,40+/m1/s1. The molecule has 4 fully saturated rings. The predicted octanol–water partition coefficient (Wildman–Crippen LogP) is 7.01. The lowest BCUT2D eigenvalue weighted by molar-refractivity contribution is -0.245. The molecule has 0 saturated heterocycles. The molecule has 6 rings (SSSR count). The molecule has 0 amide bonds. The van der Waals surface area contributed by atoms with E-state index in [1.54, 1.807) is 18.2 Å². The molecule has 0 bridgehead atoms. The first-order valence-corrected chi connectivity index (χ1v) is 18.0. The van der Waals surface area contributed by atoms with Gasteiger partial charge in [0.1, 0.15) is 0 Å². The number of carboxylic acids is 1. The lowest BCUT2D eigenvalue weighted by Crippen LogP contribution is -2.68. The minimum Gasteiger partial charge on any atom is -0.504 e. The molecular formula is C40H56O8. The third-order valence-corrected chi connectivity index (χ3v) is 15.3. The van der Waals surface area contributed by atoms with Crippen molar-refractivity contribution in [1.82, 2.24) is 0 Å². The normalized spacial score (nSPS) is 45.2. The van der Waals surface area contributed by atoms with E-state index in [0.29, 0.717) is 36.0 Å². The molecule has 0 heterocycles. The number of rotatable bonds is 6. The van der Waals surface area contributed by atoms with Gasteiger partial charge in [0.25, 0.3) is 0 Å². The van der Waals surface area contributed by atoms with E-state index in [9.17, 15) is 30.0 Å². The van der Waals surface area contributed by atoms with Crippen molar-refractivity contribution in [3.63, 3.8) is 0 Å². The zero-order chi connectivity index (χ0) is 35.0. The Kier molecular flexibility index (Phi) is 8.67. The summed E-state index contributed by atoms with van der Waals surface area (Å²) in [6, 6.07) is 4.79. The topological polar surface area (TPSA) is 134 Å². The van der Waals surface area contributed by atoms with E-state index in [4.69, 9.17) is 9.47 Å². The summed E-state index contributed by atoms with van der Waals surface area (Å²) in [5.41, 5.74) is -0.130. The maximum Gasteiger partial charge on any atom is 0.330 e. The number of hydrogen-bond acceptors (Lipinski definition) is 7. The molecule has 48 heavy (non-hydrogen) atoms. The fourth-order valence-corrected chi connectivity index (χ4v) is 12.2. The first kappa shape index (κ1) is 35.0. The van der Waals surface area contributed by atoms with Gasteiger partial charge in [0, 0.05) is 11.5 Å².